The van der Waals surface area contributed by atoms with E-state index in [1.165, 1.54) is 12.1 Å². The minimum Gasteiger partial charge on any atom is -0.258 e. The van der Waals surface area contributed by atoms with E-state index >= 15 is 0 Å². The molecule has 0 fully saturated rings. The molecule has 0 bridgehead atoms. The summed E-state index contributed by atoms with van der Waals surface area (Å²) >= 11 is 0. The summed E-state index contributed by atoms with van der Waals surface area (Å²) in [7, 11) is 0. The summed E-state index contributed by atoms with van der Waals surface area (Å²) in [6.07, 6.45) is 0. The van der Waals surface area contributed by atoms with Gasteiger partial charge in [0.1, 0.15) is 5.71 Å². The molecule has 0 heterocycles. The van der Waals surface area contributed by atoms with Crippen molar-refractivity contribution in [1.82, 2.24) is 0 Å². The number of benzene rings is 3. The number of non-ortho nitro benzene ring substituents is 1. The highest BCUT2D eigenvalue weighted by Gasteiger charge is 2.08. The Bertz CT molecular complexity index is 906. The maximum atomic E-state index is 10.8. The van der Waals surface area contributed by atoms with Crippen LogP contribution in [0.5, 0.6) is 0 Å². The standard InChI is InChI=1S/C21H17N3O2/c1-16(17-12-14-20(15-13-17)24(25)26)22-23-21(18-8-4-2-5-9-18)19-10-6-3-7-11-19/h2-15H,1H3. The molecule has 0 amide bonds. The molecule has 0 unspecified atom stereocenters. The molecule has 0 aliphatic rings. The van der Waals surface area contributed by atoms with E-state index in [0.29, 0.717) is 5.71 Å². The molecule has 3 rings (SSSR count). The lowest BCUT2D eigenvalue weighted by atomic mass is 10.0. The minimum absolute atomic E-state index is 0.0549. The van der Waals surface area contributed by atoms with Crippen LogP contribution in [0.15, 0.2) is 95.1 Å². The van der Waals surface area contributed by atoms with E-state index in [1.807, 2.05) is 67.6 Å². The van der Waals surface area contributed by atoms with Crippen molar-refractivity contribution in [2.24, 2.45) is 10.2 Å². The molecule has 0 atom stereocenters. The van der Waals surface area contributed by atoms with E-state index in [1.54, 1.807) is 12.1 Å². The zero-order chi connectivity index (χ0) is 18.4. The second kappa shape index (κ2) is 7.98. The van der Waals surface area contributed by atoms with Gasteiger partial charge in [-0.05, 0) is 24.6 Å². The van der Waals surface area contributed by atoms with Crippen molar-refractivity contribution in [3.63, 3.8) is 0 Å². The molecule has 5 heteroatoms. The van der Waals surface area contributed by atoms with Crippen LogP contribution in [0.2, 0.25) is 0 Å². The first-order valence-electron chi connectivity index (χ1n) is 8.13. The van der Waals surface area contributed by atoms with Crippen LogP contribution < -0.4 is 0 Å². The summed E-state index contributed by atoms with van der Waals surface area (Å²) in [6.45, 7) is 1.83. The van der Waals surface area contributed by atoms with Crippen LogP contribution >= 0.6 is 0 Å². The Morgan fingerprint density at radius 1 is 0.731 bits per heavy atom. The summed E-state index contributed by atoms with van der Waals surface area (Å²) in [5.41, 5.74) is 4.24. The van der Waals surface area contributed by atoms with Crippen molar-refractivity contribution in [2.45, 2.75) is 6.92 Å². The number of hydrogen-bond donors (Lipinski definition) is 0. The third-order valence-electron chi connectivity index (χ3n) is 3.89. The van der Waals surface area contributed by atoms with Gasteiger partial charge < -0.3 is 0 Å². The van der Waals surface area contributed by atoms with E-state index < -0.39 is 4.92 Å². The highest BCUT2D eigenvalue weighted by molar-refractivity contribution is 6.13. The predicted octanol–water partition coefficient (Wildman–Crippen LogP) is 4.86. The van der Waals surface area contributed by atoms with E-state index in [4.69, 9.17) is 0 Å². The Morgan fingerprint density at radius 3 is 1.69 bits per heavy atom. The molecule has 128 valence electrons. The van der Waals surface area contributed by atoms with Crippen molar-refractivity contribution in [3.8, 4) is 0 Å². The van der Waals surface area contributed by atoms with Gasteiger partial charge in [0, 0.05) is 23.3 Å². The van der Waals surface area contributed by atoms with Crippen molar-refractivity contribution >= 4 is 17.1 Å². The van der Waals surface area contributed by atoms with Crippen molar-refractivity contribution < 1.29 is 4.92 Å². The fourth-order valence-corrected chi connectivity index (χ4v) is 2.48. The minimum atomic E-state index is -0.419. The first-order valence-corrected chi connectivity index (χ1v) is 8.13. The average molecular weight is 343 g/mol. The molecule has 0 radical (unpaired) electrons. The number of nitro benzene ring substituents is 1. The summed E-state index contributed by atoms with van der Waals surface area (Å²) in [5.74, 6) is 0. The normalized spacial score (nSPS) is 11.0. The van der Waals surface area contributed by atoms with Gasteiger partial charge in [0.25, 0.3) is 5.69 Å². The van der Waals surface area contributed by atoms with Gasteiger partial charge in [0.2, 0.25) is 0 Å². The summed E-state index contributed by atoms with van der Waals surface area (Å²) in [6, 6.07) is 26.0. The van der Waals surface area contributed by atoms with Crippen LogP contribution in [0.4, 0.5) is 5.69 Å². The third-order valence-corrected chi connectivity index (χ3v) is 3.89. The molecule has 0 aromatic heterocycles. The predicted molar refractivity (Wildman–Crippen MR) is 104 cm³/mol. The van der Waals surface area contributed by atoms with E-state index in [-0.39, 0.29) is 5.69 Å². The molecular formula is C21H17N3O2. The molecule has 0 saturated carbocycles. The maximum absolute atomic E-state index is 10.8. The monoisotopic (exact) mass is 343 g/mol. The fraction of sp³-hybridized carbons (Fsp3) is 0.0476. The number of rotatable bonds is 5. The number of nitro groups is 1. The van der Waals surface area contributed by atoms with Gasteiger partial charge in [-0.15, -0.1) is 5.10 Å². The second-order valence-corrected chi connectivity index (χ2v) is 5.67. The average Bonchev–Trinajstić information content (AvgIpc) is 2.69. The molecule has 0 aliphatic carbocycles. The maximum Gasteiger partial charge on any atom is 0.269 e. The van der Waals surface area contributed by atoms with Gasteiger partial charge in [0.15, 0.2) is 0 Å². The van der Waals surface area contributed by atoms with Gasteiger partial charge in [-0.2, -0.15) is 5.10 Å². The molecule has 0 spiro atoms. The topological polar surface area (TPSA) is 67.9 Å². The Balaban J connectivity index is 1.97. The van der Waals surface area contributed by atoms with Gasteiger partial charge in [-0.1, -0.05) is 60.7 Å². The smallest absolute Gasteiger partial charge is 0.258 e. The van der Waals surface area contributed by atoms with Gasteiger partial charge in [0.05, 0.1) is 10.6 Å². The molecular weight excluding hydrogens is 326 g/mol. The lowest BCUT2D eigenvalue weighted by Crippen LogP contribution is -2.03. The largest absolute Gasteiger partial charge is 0.269 e. The third kappa shape index (κ3) is 4.08. The lowest BCUT2D eigenvalue weighted by molar-refractivity contribution is -0.384. The molecule has 0 saturated heterocycles. The Morgan fingerprint density at radius 2 is 1.23 bits per heavy atom. The highest BCUT2D eigenvalue weighted by Crippen LogP contribution is 2.14. The summed E-state index contributed by atoms with van der Waals surface area (Å²) < 4.78 is 0. The van der Waals surface area contributed by atoms with Gasteiger partial charge in [-0.3, -0.25) is 10.1 Å². The Hall–Kier alpha value is -3.60. The highest BCUT2D eigenvalue weighted by atomic mass is 16.6. The molecule has 0 aliphatic heterocycles. The number of hydrogen-bond acceptors (Lipinski definition) is 4. The van der Waals surface area contributed by atoms with Crippen molar-refractivity contribution in [2.75, 3.05) is 0 Å². The molecule has 3 aromatic carbocycles. The summed E-state index contributed by atoms with van der Waals surface area (Å²) in [4.78, 5) is 10.3. The van der Waals surface area contributed by atoms with E-state index in [9.17, 15) is 10.1 Å². The van der Waals surface area contributed by atoms with Crippen LogP contribution in [0.25, 0.3) is 0 Å². The van der Waals surface area contributed by atoms with Gasteiger partial charge >= 0.3 is 0 Å². The van der Waals surface area contributed by atoms with Gasteiger partial charge in [-0.25, -0.2) is 0 Å². The van der Waals surface area contributed by atoms with E-state index in [0.717, 1.165) is 22.4 Å². The lowest BCUT2D eigenvalue weighted by Gasteiger charge is -2.06. The zero-order valence-corrected chi connectivity index (χ0v) is 14.2. The molecule has 26 heavy (non-hydrogen) atoms. The molecule has 3 aromatic rings. The quantitative estimate of drug-likeness (QED) is 0.377. The van der Waals surface area contributed by atoms with Crippen LogP contribution in [0.3, 0.4) is 0 Å². The fourth-order valence-electron chi connectivity index (χ4n) is 2.48. The number of nitrogens with zero attached hydrogens (tertiary/aromatic N) is 3. The second-order valence-electron chi connectivity index (χ2n) is 5.67. The SMILES string of the molecule is CC(=NN=C(c1ccccc1)c1ccccc1)c1ccc([N+](=O)[O-])cc1. The van der Waals surface area contributed by atoms with Crippen LogP contribution in [-0.4, -0.2) is 16.3 Å². The first-order chi connectivity index (χ1) is 12.6. The van der Waals surface area contributed by atoms with Crippen molar-refractivity contribution in [1.29, 1.82) is 0 Å². The molecule has 0 N–H and O–H groups in total. The van der Waals surface area contributed by atoms with Crippen LogP contribution in [-0.2, 0) is 0 Å². The van der Waals surface area contributed by atoms with Crippen LogP contribution in [0.1, 0.15) is 23.6 Å². The van der Waals surface area contributed by atoms with Crippen molar-refractivity contribution in [3.05, 3.63) is 112 Å². The summed E-state index contributed by atoms with van der Waals surface area (Å²) in [5, 5.41) is 19.6. The Kier molecular flexibility index (Phi) is 5.29. The zero-order valence-electron chi connectivity index (χ0n) is 14.2. The molecule has 5 nitrogen and oxygen atoms in total. The van der Waals surface area contributed by atoms with E-state index in [2.05, 4.69) is 10.2 Å². The first kappa shape index (κ1) is 17.2. The Labute approximate surface area is 151 Å². The van der Waals surface area contributed by atoms with Crippen LogP contribution in [0, 0.1) is 10.1 Å².